The molecule has 0 amide bonds. The average Bonchev–Trinajstić information content (AvgIpc) is 2.66. The van der Waals surface area contributed by atoms with E-state index in [0.29, 0.717) is 0 Å². The topological polar surface area (TPSA) is 93.0 Å². The van der Waals surface area contributed by atoms with Crippen molar-refractivity contribution in [2.24, 2.45) is 0 Å². The van der Waals surface area contributed by atoms with Crippen LogP contribution in [0, 0.1) is 10.1 Å². The van der Waals surface area contributed by atoms with Gasteiger partial charge in [0.15, 0.2) is 0 Å². The number of rotatable bonds is 6. The van der Waals surface area contributed by atoms with Crippen LogP contribution in [0.25, 0.3) is 0 Å². The number of nitrogens with zero attached hydrogens (tertiary/aromatic N) is 3. The van der Waals surface area contributed by atoms with Gasteiger partial charge >= 0.3 is 11.9 Å². The molecule has 144 valence electrons. The summed E-state index contributed by atoms with van der Waals surface area (Å²) in [5.74, 6) is -0.256. The largest absolute Gasteiger partial charge is 0.416 e. The molecular formula is C18H14F3N5O2. The van der Waals surface area contributed by atoms with Gasteiger partial charge in [-0.05, 0) is 23.8 Å². The second-order valence-electron chi connectivity index (χ2n) is 5.72. The fraction of sp³-hybridized carbons (Fsp3) is 0.111. The van der Waals surface area contributed by atoms with Crippen molar-refractivity contribution in [1.29, 1.82) is 0 Å². The van der Waals surface area contributed by atoms with Crippen LogP contribution in [0.1, 0.15) is 11.1 Å². The Balaban J connectivity index is 1.88. The number of nitro groups is 1. The van der Waals surface area contributed by atoms with Crippen LogP contribution in [0.5, 0.6) is 0 Å². The Kier molecular flexibility index (Phi) is 5.39. The predicted molar refractivity (Wildman–Crippen MR) is 97.2 cm³/mol. The Morgan fingerprint density at radius 2 is 1.71 bits per heavy atom. The lowest BCUT2D eigenvalue weighted by molar-refractivity contribution is -0.383. The summed E-state index contributed by atoms with van der Waals surface area (Å²) in [5.41, 5.74) is -0.444. The van der Waals surface area contributed by atoms with Crippen molar-refractivity contribution in [1.82, 2.24) is 9.97 Å². The first-order chi connectivity index (χ1) is 13.3. The lowest BCUT2D eigenvalue weighted by atomic mass is 10.2. The van der Waals surface area contributed by atoms with Crippen molar-refractivity contribution < 1.29 is 18.1 Å². The van der Waals surface area contributed by atoms with Gasteiger partial charge in [-0.2, -0.15) is 13.2 Å². The van der Waals surface area contributed by atoms with Gasteiger partial charge < -0.3 is 10.6 Å². The molecule has 1 heterocycles. The summed E-state index contributed by atoms with van der Waals surface area (Å²) in [5, 5.41) is 17.0. The number of halogens is 3. The van der Waals surface area contributed by atoms with E-state index < -0.39 is 22.4 Å². The van der Waals surface area contributed by atoms with Crippen LogP contribution in [0.2, 0.25) is 0 Å². The molecule has 0 radical (unpaired) electrons. The first-order valence-corrected chi connectivity index (χ1v) is 8.06. The van der Waals surface area contributed by atoms with Crippen LogP contribution >= 0.6 is 0 Å². The maximum atomic E-state index is 12.9. The van der Waals surface area contributed by atoms with Crippen LogP contribution in [-0.2, 0) is 12.7 Å². The fourth-order valence-corrected chi connectivity index (χ4v) is 2.46. The number of benzene rings is 2. The Morgan fingerprint density at radius 1 is 1.00 bits per heavy atom. The van der Waals surface area contributed by atoms with Gasteiger partial charge in [-0.3, -0.25) is 10.1 Å². The highest BCUT2D eigenvalue weighted by molar-refractivity contribution is 5.73. The summed E-state index contributed by atoms with van der Waals surface area (Å²) in [6.07, 6.45) is -3.44. The standard InChI is InChI=1S/C18H14F3N5O2/c19-18(20,21)13-7-4-8-14(9-13)25-17-15(26(27)28)16(23-11-24-17)22-10-12-5-2-1-3-6-12/h1-9,11H,10H2,(H2,22,23,24,25). The molecule has 0 saturated carbocycles. The molecule has 3 aromatic rings. The highest BCUT2D eigenvalue weighted by atomic mass is 19.4. The zero-order valence-corrected chi connectivity index (χ0v) is 14.3. The van der Waals surface area contributed by atoms with Crippen LogP contribution < -0.4 is 10.6 Å². The van der Waals surface area contributed by atoms with E-state index in [1.165, 1.54) is 12.1 Å². The molecule has 0 aliphatic carbocycles. The van der Waals surface area contributed by atoms with Gasteiger partial charge in [-0.15, -0.1) is 0 Å². The van der Waals surface area contributed by atoms with Crippen molar-refractivity contribution in [3.05, 3.63) is 82.2 Å². The number of alkyl halides is 3. The molecule has 2 aromatic carbocycles. The van der Waals surface area contributed by atoms with Gasteiger partial charge in [0.05, 0.1) is 10.5 Å². The molecule has 0 atom stereocenters. The molecule has 3 rings (SSSR count). The maximum Gasteiger partial charge on any atom is 0.416 e. The maximum absolute atomic E-state index is 12.9. The van der Waals surface area contributed by atoms with E-state index in [9.17, 15) is 23.3 Å². The lowest BCUT2D eigenvalue weighted by Gasteiger charge is -2.12. The van der Waals surface area contributed by atoms with E-state index in [1.54, 1.807) is 0 Å². The van der Waals surface area contributed by atoms with E-state index in [1.807, 2.05) is 30.3 Å². The Bertz CT molecular complexity index is 980. The monoisotopic (exact) mass is 389 g/mol. The number of hydrogen-bond donors (Lipinski definition) is 2. The first kappa shape index (κ1) is 19.1. The fourth-order valence-electron chi connectivity index (χ4n) is 2.46. The van der Waals surface area contributed by atoms with Gasteiger partial charge in [0, 0.05) is 12.2 Å². The van der Waals surface area contributed by atoms with E-state index in [-0.39, 0.29) is 23.9 Å². The number of aromatic nitrogens is 2. The normalized spacial score (nSPS) is 11.1. The van der Waals surface area contributed by atoms with E-state index in [2.05, 4.69) is 20.6 Å². The molecule has 10 heteroatoms. The Hall–Kier alpha value is -3.69. The molecule has 0 aliphatic heterocycles. The predicted octanol–water partition coefficient (Wildman–Crippen LogP) is 4.76. The van der Waals surface area contributed by atoms with Crippen LogP contribution in [0.4, 0.5) is 36.2 Å². The van der Waals surface area contributed by atoms with Crippen molar-refractivity contribution >= 4 is 23.0 Å². The molecule has 0 aliphatic rings. The summed E-state index contributed by atoms with van der Waals surface area (Å²) in [6.45, 7) is 0.279. The molecule has 0 spiro atoms. The van der Waals surface area contributed by atoms with Crippen molar-refractivity contribution in [2.45, 2.75) is 12.7 Å². The van der Waals surface area contributed by atoms with E-state index in [0.717, 1.165) is 24.0 Å². The van der Waals surface area contributed by atoms with E-state index in [4.69, 9.17) is 0 Å². The molecule has 7 nitrogen and oxygen atoms in total. The molecule has 28 heavy (non-hydrogen) atoms. The Morgan fingerprint density at radius 3 is 2.39 bits per heavy atom. The third-order valence-electron chi connectivity index (χ3n) is 3.76. The van der Waals surface area contributed by atoms with Crippen molar-refractivity contribution in [2.75, 3.05) is 10.6 Å². The number of anilines is 3. The molecule has 0 fully saturated rings. The quantitative estimate of drug-likeness (QED) is 0.466. The minimum absolute atomic E-state index is 0.0191. The zero-order chi connectivity index (χ0) is 20.1. The van der Waals surface area contributed by atoms with Gasteiger partial charge in [0.2, 0.25) is 11.6 Å². The summed E-state index contributed by atoms with van der Waals surface area (Å²) in [6, 6.07) is 13.5. The van der Waals surface area contributed by atoms with Crippen LogP contribution in [-0.4, -0.2) is 14.9 Å². The Labute approximate surface area is 157 Å². The van der Waals surface area contributed by atoms with Crippen molar-refractivity contribution in [3.8, 4) is 0 Å². The van der Waals surface area contributed by atoms with Gasteiger partial charge in [-0.1, -0.05) is 36.4 Å². The molecular weight excluding hydrogens is 375 g/mol. The molecule has 0 saturated heterocycles. The second-order valence-corrected chi connectivity index (χ2v) is 5.72. The summed E-state index contributed by atoms with van der Waals surface area (Å²) < 4.78 is 38.6. The average molecular weight is 389 g/mol. The smallest absolute Gasteiger partial charge is 0.360 e. The van der Waals surface area contributed by atoms with Crippen LogP contribution in [0.3, 0.4) is 0 Å². The first-order valence-electron chi connectivity index (χ1n) is 8.06. The summed E-state index contributed by atoms with van der Waals surface area (Å²) >= 11 is 0. The molecule has 0 bridgehead atoms. The number of hydrogen-bond acceptors (Lipinski definition) is 6. The minimum Gasteiger partial charge on any atom is -0.360 e. The highest BCUT2D eigenvalue weighted by Gasteiger charge is 2.31. The second kappa shape index (κ2) is 7.91. The molecule has 1 aromatic heterocycles. The molecule has 0 unspecified atom stereocenters. The summed E-state index contributed by atoms with van der Waals surface area (Å²) in [7, 11) is 0. The highest BCUT2D eigenvalue weighted by Crippen LogP contribution is 2.34. The third kappa shape index (κ3) is 4.53. The number of nitrogens with one attached hydrogen (secondary N) is 2. The SMILES string of the molecule is O=[N+]([O-])c1c(NCc2ccccc2)ncnc1Nc1cccc(C(F)(F)F)c1. The van der Waals surface area contributed by atoms with Gasteiger partial charge in [0.1, 0.15) is 6.33 Å². The molecule has 2 N–H and O–H groups in total. The van der Waals surface area contributed by atoms with Crippen molar-refractivity contribution in [3.63, 3.8) is 0 Å². The van der Waals surface area contributed by atoms with Crippen LogP contribution in [0.15, 0.2) is 60.9 Å². The summed E-state index contributed by atoms with van der Waals surface area (Å²) in [4.78, 5) is 18.6. The third-order valence-corrected chi connectivity index (χ3v) is 3.76. The lowest BCUT2D eigenvalue weighted by Crippen LogP contribution is -2.09. The zero-order valence-electron chi connectivity index (χ0n) is 14.3. The van der Waals surface area contributed by atoms with Gasteiger partial charge in [-0.25, -0.2) is 9.97 Å². The minimum atomic E-state index is -4.53. The van der Waals surface area contributed by atoms with Gasteiger partial charge in [0.25, 0.3) is 0 Å². The van der Waals surface area contributed by atoms with E-state index >= 15 is 0 Å².